The van der Waals surface area contributed by atoms with E-state index < -0.39 is 0 Å². The predicted octanol–water partition coefficient (Wildman–Crippen LogP) is 0.978. The van der Waals surface area contributed by atoms with Crippen molar-refractivity contribution in [2.75, 3.05) is 11.5 Å². The van der Waals surface area contributed by atoms with Gasteiger partial charge in [0.15, 0.2) is 5.12 Å². The SMILES string of the molecule is CC(=O)SCCC#Cc1c[nH]c(=O)c(N)c1. The Bertz CT molecular complexity index is 497. The molecular weight excluding hydrogens is 224 g/mol. The molecule has 1 aromatic heterocycles. The summed E-state index contributed by atoms with van der Waals surface area (Å²) >= 11 is 1.25. The maximum absolute atomic E-state index is 11.0. The number of H-pyrrole nitrogens is 1. The van der Waals surface area contributed by atoms with Crippen LogP contribution < -0.4 is 11.3 Å². The summed E-state index contributed by atoms with van der Waals surface area (Å²) in [6.07, 6.45) is 2.15. The van der Waals surface area contributed by atoms with Crippen molar-refractivity contribution in [2.45, 2.75) is 13.3 Å². The number of nitrogens with one attached hydrogen (secondary N) is 1. The van der Waals surface area contributed by atoms with Gasteiger partial charge in [0.1, 0.15) is 0 Å². The van der Waals surface area contributed by atoms with Crippen molar-refractivity contribution in [3.8, 4) is 11.8 Å². The molecule has 0 spiro atoms. The number of aromatic nitrogens is 1. The molecule has 0 aromatic carbocycles. The normalized spacial score (nSPS) is 9.31. The summed E-state index contributed by atoms with van der Waals surface area (Å²) < 4.78 is 0. The summed E-state index contributed by atoms with van der Waals surface area (Å²) in [6, 6.07) is 1.53. The Hall–Kier alpha value is -1.67. The molecule has 0 amide bonds. The first-order valence-electron chi connectivity index (χ1n) is 4.70. The number of rotatable bonds is 2. The Morgan fingerprint density at radius 3 is 3.00 bits per heavy atom. The van der Waals surface area contributed by atoms with E-state index in [0.29, 0.717) is 17.7 Å². The third kappa shape index (κ3) is 4.24. The highest BCUT2D eigenvalue weighted by Crippen LogP contribution is 2.02. The summed E-state index contributed by atoms with van der Waals surface area (Å²) in [5.41, 5.74) is 5.95. The van der Waals surface area contributed by atoms with Crippen LogP contribution in [0.3, 0.4) is 0 Å². The second kappa shape index (κ2) is 6.03. The fraction of sp³-hybridized carbons (Fsp3) is 0.273. The maximum atomic E-state index is 11.0. The van der Waals surface area contributed by atoms with Gasteiger partial charge < -0.3 is 10.7 Å². The highest BCUT2D eigenvalue weighted by Gasteiger charge is 1.94. The summed E-state index contributed by atoms with van der Waals surface area (Å²) in [6.45, 7) is 1.53. The molecular formula is C11H12N2O2S. The van der Waals surface area contributed by atoms with Crippen LogP contribution in [0.1, 0.15) is 18.9 Å². The van der Waals surface area contributed by atoms with Crippen LogP contribution in [0.25, 0.3) is 0 Å². The molecule has 5 heteroatoms. The van der Waals surface area contributed by atoms with Gasteiger partial charge in [0.05, 0.1) is 5.69 Å². The number of hydrogen-bond donors (Lipinski definition) is 2. The molecule has 0 saturated carbocycles. The standard InChI is InChI=1S/C11H12N2O2S/c1-8(14)16-5-3-2-4-9-6-10(12)11(15)13-7-9/h6-7H,3,5,12H2,1H3,(H,13,15). The van der Waals surface area contributed by atoms with Gasteiger partial charge in [-0.3, -0.25) is 9.59 Å². The number of nitrogen functional groups attached to an aromatic ring is 1. The Morgan fingerprint density at radius 1 is 1.62 bits per heavy atom. The molecule has 0 unspecified atom stereocenters. The molecule has 84 valence electrons. The van der Waals surface area contributed by atoms with Crippen LogP contribution in [0.15, 0.2) is 17.1 Å². The first-order valence-corrected chi connectivity index (χ1v) is 5.68. The Labute approximate surface area is 97.6 Å². The molecule has 1 rings (SSSR count). The molecule has 1 aromatic rings. The zero-order valence-electron chi connectivity index (χ0n) is 8.87. The van der Waals surface area contributed by atoms with Crippen LogP contribution >= 0.6 is 11.8 Å². The molecule has 4 nitrogen and oxygen atoms in total. The lowest BCUT2D eigenvalue weighted by Gasteiger charge is -1.92. The van der Waals surface area contributed by atoms with Crippen molar-refractivity contribution in [1.29, 1.82) is 0 Å². The van der Waals surface area contributed by atoms with Crippen molar-refractivity contribution in [2.24, 2.45) is 0 Å². The summed E-state index contributed by atoms with van der Waals surface area (Å²) in [7, 11) is 0. The molecule has 0 radical (unpaired) electrons. The minimum absolute atomic E-state index is 0.0927. The number of anilines is 1. The van der Waals surface area contributed by atoms with Gasteiger partial charge in [-0.15, -0.1) is 0 Å². The Balaban J connectivity index is 2.53. The molecule has 0 aliphatic carbocycles. The summed E-state index contributed by atoms with van der Waals surface area (Å²) in [5, 5.41) is 0.0927. The number of thioether (sulfide) groups is 1. The van der Waals surface area contributed by atoms with E-state index in [0.717, 1.165) is 0 Å². The fourth-order valence-electron chi connectivity index (χ4n) is 0.984. The van der Waals surface area contributed by atoms with Crippen molar-refractivity contribution in [1.82, 2.24) is 4.98 Å². The van der Waals surface area contributed by atoms with Crippen LogP contribution in [-0.2, 0) is 4.79 Å². The van der Waals surface area contributed by atoms with Gasteiger partial charge in [-0.2, -0.15) is 0 Å². The second-order valence-corrected chi connectivity index (χ2v) is 4.34. The first kappa shape index (κ1) is 12.4. The Morgan fingerprint density at radius 2 is 2.38 bits per heavy atom. The summed E-state index contributed by atoms with van der Waals surface area (Å²) in [5.74, 6) is 6.45. The van der Waals surface area contributed by atoms with E-state index in [2.05, 4.69) is 16.8 Å². The highest BCUT2D eigenvalue weighted by molar-refractivity contribution is 8.13. The second-order valence-electron chi connectivity index (χ2n) is 3.06. The van der Waals surface area contributed by atoms with Gasteiger partial charge in [-0.05, 0) is 6.07 Å². The predicted molar refractivity (Wildman–Crippen MR) is 66.1 cm³/mol. The Kier molecular flexibility index (Phi) is 4.67. The number of carbonyl (C=O) groups excluding carboxylic acids is 1. The molecule has 0 saturated heterocycles. The van der Waals surface area contributed by atoms with Gasteiger partial charge in [0.2, 0.25) is 0 Å². The minimum Gasteiger partial charge on any atom is -0.394 e. The van der Waals surface area contributed by atoms with E-state index in [9.17, 15) is 9.59 Å². The van der Waals surface area contributed by atoms with Gasteiger partial charge >= 0.3 is 0 Å². The molecule has 16 heavy (non-hydrogen) atoms. The molecule has 1 heterocycles. The average molecular weight is 236 g/mol. The number of aromatic amines is 1. The largest absolute Gasteiger partial charge is 0.394 e. The molecule has 0 aliphatic rings. The molecule has 0 bridgehead atoms. The van der Waals surface area contributed by atoms with Crippen LogP contribution in [0.4, 0.5) is 5.69 Å². The van der Waals surface area contributed by atoms with E-state index >= 15 is 0 Å². The quantitative estimate of drug-likeness (QED) is 0.593. The third-order valence-corrected chi connectivity index (χ3v) is 2.51. The number of carbonyl (C=O) groups is 1. The molecule has 3 N–H and O–H groups in total. The zero-order valence-corrected chi connectivity index (χ0v) is 9.69. The number of hydrogen-bond acceptors (Lipinski definition) is 4. The van der Waals surface area contributed by atoms with Gasteiger partial charge in [0, 0.05) is 30.9 Å². The van der Waals surface area contributed by atoms with E-state index in [-0.39, 0.29) is 16.4 Å². The lowest BCUT2D eigenvalue weighted by atomic mass is 10.2. The molecule has 0 atom stereocenters. The van der Waals surface area contributed by atoms with Crippen LogP contribution in [-0.4, -0.2) is 15.9 Å². The maximum Gasteiger partial charge on any atom is 0.271 e. The molecule has 0 aliphatic heterocycles. The topological polar surface area (TPSA) is 76.0 Å². The first-order chi connectivity index (χ1) is 7.59. The lowest BCUT2D eigenvalue weighted by Crippen LogP contribution is -2.10. The number of nitrogens with two attached hydrogens (primary N) is 1. The minimum atomic E-state index is -0.308. The van der Waals surface area contributed by atoms with Gasteiger partial charge in [-0.25, -0.2) is 0 Å². The third-order valence-electron chi connectivity index (χ3n) is 1.70. The van der Waals surface area contributed by atoms with Gasteiger partial charge in [-0.1, -0.05) is 23.6 Å². The van der Waals surface area contributed by atoms with Crippen LogP contribution in [0, 0.1) is 11.8 Å². The number of pyridine rings is 1. The summed E-state index contributed by atoms with van der Waals surface area (Å²) in [4.78, 5) is 24.1. The smallest absolute Gasteiger partial charge is 0.271 e. The highest BCUT2D eigenvalue weighted by atomic mass is 32.2. The van der Waals surface area contributed by atoms with Crippen molar-refractivity contribution < 1.29 is 4.79 Å². The van der Waals surface area contributed by atoms with E-state index in [1.807, 2.05) is 0 Å². The van der Waals surface area contributed by atoms with E-state index in [4.69, 9.17) is 5.73 Å². The average Bonchev–Trinajstić information content (AvgIpc) is 2.22. The van der Waals surface area contributed by atoms with Crippen molar-refractivity contribution in [3.63, 3.8) is 0 Å². The monoisotopic (exact) mass is 236 g/mol. The van der Waals surface area contributed by atoms with Crippen molar-refractivity contribution in [3.05, 3.63) is 28.2 Å². The zero-order chi connectivity index (χ0) is 12.0. The fourth-order valence-corrected chi connectivity index (χ4v) is 1.48. The van der Waals surface area contributed by atoms with Gasteiger partial charge in [0.25, 0.3) is 5.56 Å². The molecule has 0 fully saturated rings. The van der Waals surface area contributed by atoms with E-state index in [1.54, 1.807) is 0 Å². The van der Waals surface area contributed by atoms with Crippen molar-refractivity contribution >= 4 is 22.6 Å². The lowest BCUT2D eigenvalue weighted by molar-refractivity contribution is -0.109. The van der Waals surface area contributed by atoms with Crippen LogP contribution in [0.5, 0.6) is 0 Å². The van der Waals surface area contributed by atoms with E-state index in [1.165, 1.54) is 30.9 Å². The van der Waals surface area contributed by atoms with Crippen LogP contribution in [0.2, 0.25) is 0 Å².